The van der Waals surface area contributed by atoms with Crippen molar-refractivity contribution in [2.75, 3.05) is 0 Å². The molecule has 6 nitrogen and oxygen atoms in total. The van der Waals surface area contributed by atoms with Gasteiger partial charge in [0.25, 0.3) is 0 Å². The minimum absolute atomic E-state index is 0.143. The van der Waals surface area contributed by atoms with E-state index in [1.165, 1.54) is 0 Å². The zero-order chi connectivity index (χ0) is 23.1. The standard InChI is InChI=1S/C27H20O6/c1-2-15-11-13-16(14-12-15)21(22-24(28)17-7-3-5-9-19(17)32-26(22)30)23-25(29)18-8-4-6-10-20(18)33-27(23)31/h3-14,21,28-29H,2H2,1H3. The van der Waals surface area contributed by atoms with Crippen molar-refractivity contribution in [1.82, 2.24) is 0 Å². The molecule has 2 aromatic heterocycles. The molecule has 0 fully saturated rings. The molecule has 2 heterocycles. The van der Waals surface area contributed by atoms with Gasteiger partial charge in [-0.1, -0.05) is 55.5 Å². The Kier molecular flexibility index (Phi) is 4.98. The second-order valence-electron chi connectivity index (χ2n) is 7.82. The Morgan fingerprint density at radius 1 is 0.697 bits per heavy atom. The summed E-state index contributed by atoms with van der Waals surface area (Å²) in [4.78, 5) is 26.2. The number of fused-ring (bicyclic) bond motifs is 2. The van der Waals surface area contributed by atoms with Gasteiger partial charge in [0.1, 0.15) is 22.7 Å². The molecular formula is C27H20O6. The predicted octanol–water partition coefficient (Wildman–Crippen LogP) is 5.05. The van der Waals surface area contributed by atoms with Gasteiger partial charge in [-0.15, -0.1) is 0 Å². The third-order valence-electron chi connectivity index (χ3n) is 5.94. The fraction of sp³-hybridized carbons (Fsp3) is 0.111. The lowest BCUT2D eigenvalue weighted by atomic mass is 9.84. The summed E-state index contributed by atoms with van der Waals surface area (Å²) in [5.41, 5.74) is 0.138. The molecule has 0 amide bonds. The Bertz CT molecular complexity index is 1510. The average molecular weight is 440 g/mol. The van der Waals surface area contributed by atoms with Crippen LogP contribution in [0.3, 0.4) is 0 Å². The fourth-order valence-corrected chi connectivity index (χ4v) is 4.23. The third kappa shape index (κ3) is 3.36. The van der Waals surface area contributed by atoms with E-state index >= 15 is 0 Å². The van der Waals surface area contributed by atoms with E-state index in [2.05, 4.69) is 0 Å². The van der Waals surface area contributed by atoms with E-state index in [1.54, 1.807) is 60.7 Å². The maximum absolute atomic E-state index is 13.1. The number of para-hydroxylation sites is 2. The first kappa shape index (κ1) is 20.6. The van der Waals surface area contributed by atoms with Crippen molar-refractivity contribution in [3.63, 3.8) is 0 Å². The van der Waals surface area contributed by atoms with E-state index in [0.717, 1.165) is 12.0 Å². The largest absolute Gasteiger partial charge is 0.507 e. The number of rotatable bonds is 4. The molecule has 0 radical (unpaired) electrons. The van der Waals surface area contributed by atoms with Crippen molar-refractivity contribution in [1.29, 1.82) is 0 Å². The fourth-order valence-electron chi connectivity index (χ4n) is 4.23. The first-order valence-electron chi connectivity index (χ1n) is 10.6. The highest BCUT2D eigenvalue weighted by Crippen LogP contribution is 2.41. The molecule has 0 atom stereocenters. The minimum Gasteiger partial charge on any atom is -0.507 e. The van der Waals surface area contributed by atoms with Crippen LogP contribution in [0, 0.1) is 0 Å². The zero-order valence-corrected chi connectivity index (χ0v) is 17.7. The predicted molar refractivity (Wildman–Crippen MR) is 125 cm³/mol. The monoisotopic (exact) mass is 440 g/mol. The van der Waals surface area contributed by atoms with Gasteiger partial charge in [-0.05, 0) is 41.8 Å². The smallest absolute Gasteiger partial charge is 0.344 e. The van der Waals surface area contributed by atoms with Crippen LogP contribution in [0.4, 0.5) is 0 Å². The molecule has 0 spiro atoms. The first-order chi connectivity index (χ1) is 16.0. The first-order valence-corrected chi connectivity index (χ1v) is 10.6. The lowest BCUT2D eigenvalue weighted by Crippen LogP contribution is -2.21. The van der Waals surface area contributed by atoms with Crippen molar-refractivity contribution in [3.05, 3.63) is 116 Å². The average Bonchev–Trinajstić information content (AvgIpc) is 2.83. The molecular weight excluding hydrogens is 420 g/mol. The van der Waals surface area contributed by atoms with Crippen molar-refractivity contribution in [3.8, 4) is 11.5 Å². The second-order valence-corrected chi connectivity index (χ2v) is 7.82. The highest BCUT2D eigenvalue weighted by atomic mass is 16.4. The summed E-state index contributed by atoms with van der Waals surface area (Å²) >= 11 is 0. The maximum atomic E-state index is 13.1. The quantitative estimate of drug-likeness (QED) is 0.379. The van der Waals surface area contributed by atoms with Crippen LogP contribution in [0.15, 0.2) is 91.2 Å². The SMILES string of the molecule is CCc1ccc(C(c2c(O)c3ccccc3oc2=O)c2c(O)c3ccccc3oc2=O)cc1. The van der Waals surface area contributed by atoms with Crippen LogP contribution in [0.25, 0.3) is 21.9 Å². The maximum Gasteiger partial charge on any atom is 0.344 e. The normalized spacial score (nSPS) is 11.5. The molecule has 5 rings (SSSR count). The van der Waals surface area contributed by atoms with E-state index < -0.39 is 17.2 Å². The zero-order valence-electron chi connectivity index (χ0n) is 17.7. The number of aryl methyl sites for hydroxylation is 1. The van der Waals surface area contributed by atoms with Crippen molar-refractivity contribution in [2.45, 2.75) is 19.3 Å². The lowest BCUT2D eigenvalue weighted by Gasteiger charge is -2.20. The van der Waals surface area contributed by atoms with Gasteiger partial charge in [-0.2, -0.15) is 0 Å². The molecule has 33 heavy (non-hydrogen) atoms. The molecule has 0 saturated heterocycles. The van der Waals surface area contributed by atoms with Crippen LogP contribution in [0.2, 0.25) is 0 Å². The van der Waals surface area contributed by atoms with Crippen LogP contribution in [-0.4, -0.2) is 10.2 Å². The highest BCUT2D eigenvalue weighted by Gasteiger charge is 2.32. The van der Waals surface area contributed by atoms with E-state index in [0.29, 0.717) is 16.3 Å². The van der Waals surface area contributed by atoms with Crippen molar-refractivity contribution >= 4 is 21.9 Å². The van der Waals surface area contributed by atoms with Crippen LogP contribution in [0.1, 0.15) is 35.1 Å². The van der Waals surface area contributed by atoms with Gasteiger partial charge in [-0.25, -0.2) is 9.59 Å². The molecule has 2 N–H and O–H groups in total. The van der Waals surface area contributed by atoms with Gasteiger partial charge >= 0.3 is 11.3 Å². The number of benzene rings is 3. The molecule has 5 aromatic rings. The summed E-state index contributed by atoms with van der Waals surface area (Å²) in [6.45, 7) is 2.01. The molecule has 0 aliphatic rings. The molecule has 0 aliphatic carbocycles. The van der Waals surface area contributed by atoms with Crippen molar-refractivity contribution in [2.24, 2.45) is 0 Å². The second kappa shape index (κ2) is 7.98. The van der Waals surface area contributed by atoms with Gasteiger partial charge in [0.2, 0.25) is 0 Å². The molecule has 6 heteroatoms. The molecule has 0 aliphatic heterocycles. The van der Waals surface area contributed by atoms with Gasteiger partial charge in [0.05, 0.1) is 27.8 Å². The number of hydrogen-bond donors (Lipinski definition) is 2. The van der Waals surface area contributed by atoms with Gasteiger partial charge < -0.3 is 19.0 Å². The topological polar surface area (TPSA) is 101 Å². The summed E-state index contributed by atoms with van der Waals surface area (Å²) in [5.74, 6) is -1.73. The minimum atomic E-state index is -1.11. The summed E-state index contributed by atoms with van der Waals surface area (Å²) in [6, 6.07) is 20.5. The summed E-state index contributed by atoms with van der Waals surface area (Å²) in [6.07, 6.45) is 0.803. The van der Waals surface area contributed by atoms with Crippen LogP contribution in [-0.2, 0) is 6.42 Å². The summed E-state index contributed by atoms with van der Waals surface area (Å²) < 4.78 is 11.0. The Morgan fingerprint density at radius 3 is 1.61 bits per heavy atom. The van der Waals surface area contributed by atoms with E-state index in [-0.39, 0.29) is 33.8 Å². The van der Waals surface area contributed by atoms with E-state index in [4.69, 9.17) is 8.83 Å². The molecule has 0 saturated carbocycles. The summed E-state index contributed by atoms with van der Waals surface area (Å²) in [5, 5.41) is 22.9. The Balaban J connectivity index is 1.89. The van der Waals surface area contributed by atoms with Crippen LogP contribution in [0.5, 0.6) is 11.5 Å². The molecule has 3 aromatic carbocycles. The van der Waals surface area contributed by atoms with Crippen LogP contribution >= 0.6 is 0 Å². The molecule has 164 valence electrons. The van der Waals surface area contributed by atoms with Gasteiger partial charge in [0, 0.05) is 0 Å². The Morgan fingerprint density at radius 2 is 1.15 bits per heavy atom. The lowest BCUT2D eigenvalue weighted by molar-refractivity contribution is 0.441. The van der Waals surface area contributed by atoms with E-state index in [1.807, 2.05) is 19.1 Å². The number of aromatic hydroxyl groups is 2. The summed E-state index contributed by atoms with van der Waals surface area (Å²) in [7, 11) is 0. The van der Waals surface area contributed by atoms with Gasteiger partial charge in [-0.3, -0.25) is 0 Å². The highest BCUT2D eigenvalue weighted by molar-refractivity contribution is 5.86. The van der Waals surface area contributed by atoms with Gasteiger partial charge in [0.15, 0.2) is 0 Å². The van der Waals surface area contributed by atoms with E-state index in [9.17, 15) is 19.8 Å². The Hall–Kier alpha value is -4.32. The third-order valence-corrected chi connectivity index (χ3v) is 5.94. The molecule has 0 bridgehead atoms. The Labute approximate surface area is 188 Å². The van der Waals surface area contributed by atoms with Crippen molar-refractivity contribution < 1.29 is 19.0 Å². The number of hydrogen-bond acceptors (Lipinski definition) is 6. The van der Waals surface area contributed by atoms with Crippen LogP contribution < -0.4 is 11.3 Å². The molecule has 0 unspecified atom stereocenters.